The Labute approximate surface area is 180 Å². The second-order valence-electron chi connectivity index (χ2n) is 7.31. The number of hydrogen-bond donors (Lipinski definition) is 4. The van der Waals surface area contributed by atoms with Crippen molar-refractivity contribution in [3.63, 3.8) is 0 Å². The van der Waals surface area contributed by atoms with Gasteiger partial charge in [0.25, 0.3) is 0 Å². The van der Waals surface area contributed by atoms with E-state index >= 15 is 0 Å². The number of nitrogen functional groups attached to an aromatic ring is 1. The zero-order valence-corrected chi connectivity index (χ0v) is 17.2. The molecule has 4 rings (SSSR count). The fourth-order valence-corrected chi connectivity index (χ4v) is 3.48. The maximum atomic E-state index is 14.9. The third-order valence-electron chi connectivity index (χ3n) is 5.23. The molecule has 0 fully saturated rings. The van der Waals surface area contributed by atoms with Crippen molar-refractivity contribution >= 4 is 11.5 Å². The number of halogens is 1. The quantitative estimate of drug-likeness (QED) is 0.246. The molecule has 3 aromatic carbocycles. The molecule has 0 bridgehead atoms. The molecule has 6 heteroatoms. The molecule has 0 saturated carbocycles. The molecule has 0 saturated heterocycles. The fourth-order valence-electron chi connectivity index (χ4n) is 3.48. The number of nitrogens with two attached hydrogens (primary N) is 1. The van der Waals surface area contributed by atoms with Crippen molar-refractivity contribution < 1.29 is 4.39 Å². The topological polar surface area (TPSA) is 90.6 Å². The molecule has 156 valence electrons. The van der Waals surface area contributed by atoms with Gasteiger partial charge in [-0.15, -0.1) is 0 Å². The molecule has 31 heavy (non-hydrogen) atoms. The largest absolute Gasteiger partial charge is 0.384 e. The first-order valence-corrected chi connectivity index (χ1v) is 10.1. The summed E-state index contributed by atoms with van der Waals surface area (Å²) in [7, 11) is 0. The molecule has 5 N–H and O–H groups in total. The van der Waals surface area contributed by atoms with Crippen molar-refractivity contribution in [3.05, 3.63) is 107 Å². The van der Waals surface area contributed by atoms with Crippen LogP contribution in [-0.4, -0.2) is 15.8 Å². The van der Waals surface area contributed by atoms with E-state index in [1.807, 2.05) is 61.7 Å². The van der Waals surface area contributed by atoms with E-state index in [-0.39, 0.29) is 11.7 Å². The second-order valence-corrected chi connectivity index (χ2v) is 7.31. The zero-order valence-electron chi connectivity index (χ0n) is 17.2. The van der Waals surface area contributed by atoms with Crippen LogP contribution in [0.25, 0.3) is 11.3 Å². The Morgan fingerprint density at radius 1 is 1.10 bits per heavy atom. The first-order chi connectivity index (χ1) is 15.0. The summed E-state index contributed by atoms with van der Waals surface area (Å²) in [5.41, 5.74) is 10.3. The first kappa shape index (κ1) is 20.3. The van der Waals surface area contributed by atoms with Crippen LogP contribution in [-0.2, 0) is 6.42 Å². The third kappa shape index (κ3) is 4.48. The van der Waals surface area contributed by atoms with Crippen LogP contribution < -0.4 is 11.1 Å². The van der Waals surface area contributed by atoms with Crippen LogP contribution >= 0.6 is 0 Å². The number of amidine groups is 1. The molecular formula is C25H24FN5. The van der Waals surface area contributed by atoms with Gasteiger partial charge < -0.3 is 16.0 Å². The molecule has 0 amide bonds. The van der Waals surface area contributed by atoms with Crippen molar-refractivity contribution in [2.24, 2.45) is 5.73 Å². The summed E-state index contributed by atoms with van der Waals surface area (Å²) in [5, 5.41) is 11.0. The molecule has 5 nitrogen and oxygen atoms in total. The van der Waals surface area contributed by atoms with Crippen molar-refractivity contribution in [2.75, 3.05) is 5.32 Å². The summed E-state index contributed by atoms with van der Waals surface area (Å²) in [6.07, 6.45) is 2.64. The van der Waals surface area contributed by atoms with E-state index in [1.54, 1.807) is 18.2 Å². The minimum absolute atomic E-state index is 0.00308. The minimum Gasteiger partial charge on any atom is -0.384 e. The Morgan fingerprint density at radius 2 is 1.84 bits per heavy atom. The van der Waals surface area contributed by atoms with Gasteiger partial charge in [0.2, 0.25) is 0 Å². The molecule has 1 aromatic heterocycles. The van der Waals surface area contributed by atoms with Gasteiger partial charge in [-0.2, -0.15) is 0 Å². The van der Waals surface area contributed by atoms with Crippen LogP contribution in [0.4, 0.5) is 10.1 Å². The summed E-state index contributed by atoms with van der Waals surface area (Å²) in [6.45, 7) is 2.04. The lowest BCUT2D eigenvalue weighted by Crippen LogP contribution is -2.16. The van der Waals surface area contributed by atoms with Gasteiger partial charge in [0, 0.05) is 28.6 Å². The molecule has 0 aliphatic carbocycles. The first-order valence-electron chi connectivity index (χ1n) is 10.1. The van der Waals surface area contributed by atoms with Crippen molar-refractivity contribution in [2.45, 2.75) is 19.4 Å². The van der Waals surface area contributed by atoms with E-state index < -0.39 is 6.04 Å². The normalized spacial score (nSPS) is 11.8. The number of nitrogens with zero attached hydrogens (tertiary/aromatic N) is 1. The van der Waals surface area contributed by atoms with Crippen LogP contribution in [0.3, 0.4) is 0 Å². The van der Waals surface area contributed by atoms with Crippen molar-refractivity contribution in [1.29, 1.82) is 5.41 Å². The Balaban J connectivity index is 1.74. The number of nitrogens with one attached hydrogen (secondary N) is 3. The van der Waals surface area contributed by atoms with Gasteiger partial charge in [0.15, 0.2) is 0 Å². The highest BCUT2D eigenvalue weighted by Crippen LogP contribution is 2.30. The lowest BCUT2D eigenvalue weighted by molar-refractivity contribution is 0.600. The van der Waals surface area contributed by atoms with E-state index in [4.69, 9.17) is 16.1 Å². The van der Waals surface area contributed by atoms with Crippen LogP contribution in [0.1, 0.15) is 35.5 Å². The van der Waals surface area contributed by atoms with Gasteiger partial charge in [-0.1, -0.05) is 49.4 Å². The van der Waals surface area contributed by atoms with Crippen LogP contribution in [0.15, 0.2) is 79.0 Å². The number of imidazole rings is 1. The van der Waals surface area contributed by atoms with Crippen LogP contribution in [0.2, 0.25) is 0 Å². The van der Waals surface area contributed by atoms with Gasteiger partial charge >= 0.3 is 0 Å². The molecular weight excluding hydrogens is 389 g/mol. The molecule has 1 heterocycles. The highest BCUT2D eigenvalue weighted by molar-refractivity contribution is 5.95. The van der Waals surface area contributed by atoms with E-state index in [0.29, 0.717) is 17.0 Å². The highest BCUT2D eigenvalue weighted by atomic mass is 19.1. The molecule has 0 aliphatic rings. The molecule has 1 unspecified atom stereocenters. The Kier molecular flexibility index (Phi) is 5.80. The van der Waals surface area contributed by atoms with Crippen LogP contribution in [0, 0.1) is 11.2 Å². The van der Waals surface area contributed by atoms with Crippen LogP contribution in [0.5, 0.6) is 0 Å². The Morgan fingerprint density at radius 3 is 2.52 bits per heavy atom. The lowest BCUT2D eigenvalue weighted by Gasteiger charge is -2.20. The average Bonchev–Trinajstić information content (AvgIpc) is 3.29. The number of benzene rings is 3. The number of H-pyrrole nitrogens is 1. The zero-order chi connectivity index (χ0) is 21.8. The van der Waals surface area contributed by atoms with E-state index in [9.17, 15) is 4.39 Å². The van der Waals surface area contributed by atoms with Crippen molar-refractivity contribution in [3.8, 4) is 11.3 Å². The van der Waals surface area contributed by atoms with E-state index in [1.165, 1.54) is 6.07 Å². The Bertz CT molecular complexity index is 1180. The summed E-state index contributed by atoms with van der Waals surface area (Å²) in [5.74, 6) is 0.317. The average molecular weight is 414 g/mol. The predicted molar refractivity (Wildman–Crippen MR) is 123 cm³/mol. The summed E-state index contributed by atoms with van der Waals surface area (Å²) >= 11 is 0. The maximum Gasteiger partial charge on any atom is 0.134 e. The maximum absolute atomic E-state index is 14.9. The van der Waals surface area contributed by atoms with Gasteiger partial charge in [-0.25, -0.2) is 9.37 Å². The molecule has 1 atom stereocenters. The van der Waals surface area contributed by atoms with Gasteiger partial charge in [0.05, 0.1) is 5.69 Å². The van der Waals surface area contributed by atoms with Gasteiger partial charge in [0.1, 0.15) is 23.5 Å². The number of rotatable bonds is 7. The highest BCUT2D eigenvalue weighted by Gasteiger charge is 2.22. The predicted octanol–water partition coefficient (Wildman–Crippen LogP) is 5.26. The number of anilines is 1. The number of aromatic amines is 1. The number of aryl methyl sites for hydroxylation is 1. The Hall–Kier alpha value is -3.93. The van der Waals surface area contributed by atoms with E-state index in [2.05, 4.69) is 10.3 Å². The SMILES string of the molecule is CCc1ccc(F)c(C(Nc2ccc(C(=N)N)cc2)c2nc(-c3ccccc3)c[nH]2)c1. The van der Waals surface area contributed by atoms with Gasteiger partial charge in [-0.3, -0.25) is 5.41 Å². The van der Waals surface area contributed by atoms with Gasteiger partial charge in [-0.05, 0) is 42.3 Å². The lowest BCUT2D eigenvalue weighted by atomic mass is 10.0. The number of aromatic nitrogens is 2. The molecule has 0 radical (unpaired) electrons. The standard InChI is InChI=1S/C25H24FN5/c1-2-16-8-13-21(26)20(14-16)23(30-19-11-9-18(10-12-19)24(27)28)25-29-15-22(31-25)17-6-4-3-5-7-17/h3-15,23,30H,2H2,1H3,(H3,27,28)(H,29,31). The molecule has 0 aliphatic heterocycles. The summed E-state index contributed by atoms with van der Waals surface area (Å²) < 4.78 is 14.9. The molecule has 0 spiro atoms. The molecule has 4 aromatic rings. The van der Waals surface area contributed by atoms with Crippen molar-refractivity contribution in [1.82, 2.24) is 9.97 Å². The fraction of sp³-hybridized carbons (Fsp3) is 0.120. The second kappa shape index (κ2) is 8.83. The number of hydrogen-bond acceptors (Lipinski definition) is 3. The van der Waals surface area contributed by atoms with E-state index in [0.717, 1.165) is 28.9 Å². The monoisotopic (exact) mass is 413 g/mol. The summed E-state index contributed by atoms with van der Waals surface area (Å²) in [4.78, 5) is 7.98. The smallest absolute Gasteiger partial charge is 0.134 e. The minimum atomic E-state index is -0.521. The summed E-state index contributed by atoms with van der Waals surface area (Å²) in [6, 6.07) is 21.7. The third-order valence-corrected chi connectivity index (χ3v) is 5.23.